The van der Waals surface area contributed by atoms with Gasteiger partial charge in [0.1, 0.15) is 0 Å². The topological polar surface area (TPSA) is 91.5 Å². The predicted molar refractivity (Wildman–Crippen MR) is 92.0 cm³/mol. The van der Waals surface area contributed by atoms with E-state index in [-0.39, 0.29) is 16.9 Å². The van der Waals surface area contributed by atoms with Gasteiger partial charge in [-0.3, -0.25) is 4.79 Å². The Kier molecular flexibility index (Phi) is 5.25. The Balaban J connectivity index is 1.62. The molecule has 1 aromatic heterocycles. The average Bonchev–Trinajstić information content (AvgIpc) is 3.12. The van der Waals surface area contributed by atoms with Gasteiger partial charge in [-0.15, -0.1) is 0 Å². The zero-order valence-electron chi connectivity index (χ0n) is 14.6. The Morgan fingerprint density at radius 1 is 1.11 bits per heavy atom. The number of benzene rings is 2. The standard InChI is InChI=1S/C19H15FN2O5/c1-11-21-18(27-22-11)12-3-5-13(6-4-12)19(24)26-10-16(23)14-7-8-17(25-2)15(20)9-14/h3-9H,10H2,1-2H3. The number of ketones is 1. The molecule has 0 spiro atoms. The molecule has 3 rings (SSSR count). The van der Waals surface area contributed by atoms with Crippen LogP contribution in [0.25, 0.3) is 11.5 Å². The average molecular weight is 370 g/mol. The number of carbonyl (C=O) groups is 2. The minimum Gasteiger partial charge on any atom is -0.494 e. The molecule has 0 N–H and O–H groups in total. The number of carbonyl (C=O) groups excluding carboxylic acids is 2. The van der Waals surface area contributed by atoms with Crippen LogP contribution in [0, 0.1) is 12.7 Å². The van der Waals surface area contributed by atoms with Gasteiger partial charge in [0.15, 0.2) is 29.8 Å². The third kappa shape index (κ3) is 4.17. The summed E-state index contributed by atoms with van der Waals surface area (Å²) >= 11 is 0. The number of methoxy groups -OCH3 is 1. The molecule has 0 aliphatic rings. The molecule has 138 valence electrons. The van der Waals surface area contributed by atoms with E-state index in [4.69, 9.17) is 14.0 Å². The molecule has 0 aliphatic heterocycles. The highest BCUT2D eigenvalue weighted by molar-refractivity contribution is 5.99. The van der Waals surface area contributed by atoms with Crippen molar-refractivity contribution in [2.45, 2.75) is 6.92 Å². The van der Waals surface area contributed by atoms with E-state index in [1.54, 1.807) is 19.1 Å². The first-order valence-corrected chi connectivity index (χ1v) is 7.92. The number of hydrogen-bond donors (Lipinski definition) is 0. The number of esters is 1. The number of aryl methyl sites for hydroxylation is 1. The van der Waals surface area contributed by atoms with Crippen LogP contribution in [-0.4, -0.2) is 35.6 Å². The van der Waals surface area contributed by atoms with E-state index in [0.29, 0.717) is 17.3 Å². The van der Waals surface area contributed by atoms with Crippen molar-refractivity contribution in [2.24, 2.45) is 0 Å². The molecule has 7 nitrogen and oxygen atoms in total. The number of ether oxygens (including phenoxy) is 2. The molecule has 0 amide bonds. The second-order valence-corrected chi connectivity index (χ2v) is 5.57. The summed E-state index contributed by atoms with van der Waals surface area (Å²) < 4.78 is 28.5. The number of hydrogen-bond acceptors (Lipinski definition) is 7. The van der Waals surface area contributed by atoms with Crippen molar-refractivity contribution in [3.05, 3.63) is 65.2 Å². The van der Waals surface area contributed by atoms with Gasteiger partial charge in [0.25, 0.3) is 5.89 Å². The first kappa shape index (κ1) is 18.2. The Morgan fingerprint density at radius 3 is 2.41 bits per heavy atom. The van der Waals surface area contributed by atoms with Gasteiger partial charge in [0.05, 0.1) is 12.7 Å². The van der Waals surface area contributed by atoms with E-state index in [1.807, 2.05) is 0 Å². The van der Waals surface area contributed by atoms with Crippen LogP contribution in [0.1, 0.15) is 26.5 Å². The maximum Gasteiger partial charge on any atom is 0.338 e. The molecule has 0 aliphatic carbocycles. The Morgan fingerprint density at radius 2 is 1.81 bits per heavy atom. The lowest BCUT2D eigenvalue weighted by Crippen LogP contribution is -2.14. The van der Waals surface area contributed by atoms with Gasteiger partial charge in [-0.25, -0.2) is 9.18 Å². The van der Waals surface area contributed by atoms with Crippen molar-refractivity contribution in [1.82, 2.24) is 10.1 Å². The Hall–Kier alpha value is -3.55. The van der Waals surface area contributed by atoms with Crippen LogP contribution in [0.2, 0.25) is 0 Å². The maximum atomic E-state index is 13.7. The normalized spacial score (nSPS) is 10.5. The van der Waals surface area contributed by atoms with E-state index < -0.39 is 24.2 Å². The molecule has 0 bridgehead atoms. The van der Waals surface area contributed by atoms with Crippen LogP contribution < -0.4 is 4.74 Å². The fourth-order valence-electron chi connectivity index (χ4n) is 2.30. The lowest BCUT2D eigenvalue weighted by molar-refractivity contribution is 0.0474. The first-order valence-electron chi connectivity index (χ1n) is 7.92. The highest BCUT2D eigenvalue weighted by atomic mass is 19.1. The highest BCUT2D eigenvalue weighted by Crippen LogP contribution is 2.19. The van der Waals surface area contributed by atoms with E-state index in [1.165, 1.54) is 31.4 Å². The quantitative estimate of drug-likeness (QED) is 0.486. The smallest absolute Gasteiger partial charge is 0.338 e. The Labute approximate surface area is 153 Å². The molecular weight excluding hydrogens is 355 g/mol. The molecule has 2 aromatic carbocycles. The van der Waals surface area contributed by atoms with Crippen LogP contribution in [0.5, 0.6) is 5.75 Å². The zero-order chi connectivity index (χ0) is 19.4. The van der Waals surface area contributed by atoms with Gasteiger partial charge >= 0.3 is 5.97 Å². The van der Waals surface area contributed by atoms with Crippen LogP contribution in [-0.2, 0) is 4.74 Å². The summed E-state index contributed by atoms with van der Waals surface area (Å²) in [5.41, 5.74) is 0.990. The summed E-state index contributed by atoms with van der Waals surface area (Å²) in [6.45, 7) is 1.19. The number of halogens is 1. The fraction of sp³-hybridized carbons (Fsp3) is 0.158. The minimum absolute atomic E-state index is 0.0278. The summed E-state index contributed by atoms with van der Waals surface area (Å²) in [6.07, 6.45) is 0. The third-order valence-electron chi connectivity index (χ3n) is 3.70. The Bertz CT molecular complexity index is 982. The lowest BCUT2D eigenvalue weighted by atomic mass is 10.1. The number of nitrogens with zero attached hydrogens (tertiary/aromatic N) is 2. The van der Waals surface area contributed by atoms with Crippen LogP contribution in [0.3, 0.4) is 0 Å². The van der Waals surface area contributed by atoms with Gasteiger partial charge in [-0.1, -0.05) is 5.16 Å². The molecule has 8 heteroatoms. The summed E-state index contributed by atoms with van der Waals surface area (Å²) in [7, 11) is 1.33. The van der Waals surface area contributed by atoms with Gasteiger partial charge in [-0.2, -0.15) is 4.98 Å². The molecular formula is C19H15FN2O5. The molecule has 0 saturated heterocycles. The molecule has 0 unspecified atom stereocenters. The van der Waals surface area contributed by atoms with E-state index in [9.17, 15) is 14.0 Å². The number of rotatable bonds is 6. The molecule has 0 radical (unpaired) electrons. The van der Waals surface area contributed by atoms with E-state index >= 15 is 0 Å². The van der Waals surface area contributed by atoms with Crippen molar-refractivity contribution in [3.63, 3.8) is 0 Å². The molecule has 3 aromatic rings. The number of Topliss-reactive ketones (excluding diaryl/α,β-unsaturated/α-hetero) is 1. The monoisotopic (exact) mass is 370 g/mol. The van der Waals surface area contributed by atoms with Crippen molar-refractivity contribution in [3.8, 4) is 17.2 Å². The van der Waals surface area contributed by atoms with Gasteiger partial charge in [0.2, 0.25) is 0 Å². The molecule has 1 heterocycles. The van der Waals surface area contributed by atoms with Gasteiger partial charge < -0.3 is 14.0 Å². The molecule has 0 fully saturated rings. The summed E-state index contributed by atoms with van der Waals surface area (Å²) in [6, 6.07) is 10.1. The van der Waals surface area contributed by atoms with Crippen molar-refractivity contribution in [2.75, 3.05) is 13.7 Å². The fourth-order valence-corrected chi connectivity index (χ4v) is 2.30. The molecule has 0 atom stereocenters. The lowest BCUT2D eigenvalue weighted by Gasteiger charge is -2.06. The summed E-state index contributed by atoms with van der Waals surface area (Å²) in [5.74, 6) is -0.999. The highest BCUT2D eigenvalue weighted by Gasteiger charge is 2.15. The molecule has 27 heavy (non-hydrogen) atoms. The first-order chi connectivity index (χ1) is 13.0. The zero-order valence-corrected chi connectivity index (χ0v) is 14.6. The van der Waals surface area contributed by atoms with Crippen molar-refractivity contribution < 1.29 is 28.0 Å². The van der Waals surface area contributed by atoms with Gasteiger partial charge in [0, 0.05) is 11.1 Å². The van der Waals surface area contributed by atoms with E-state index in [2.05, 4.69) is 10.1 Å². The molecule has 0 saturated carbocycles. The van der Waals surface area contributed by atoms with Crippen LogP contribution in [0.15, 0.2) is 47.0 Å². The summed E-state index contributed by atoms with van der Waals surface area (Å²) in [5, 5.41) is 3.70. The second kappa shape index (κ2) is 7.77. The van der Waals surface area contributed by atoms with Crippen molar-refractivity contribution in [1.29, 1.82) is 0 Å². The van der Waals surface area contributed by atoms with E-state index in [0.717, 1.165) is 6.07 Å². The maximum absolute atomic E-state index is 13.7. The van der Waals surface area contributed by atoms with Crippen LogP contribution >= 0.6 is 0 Å². The minimum atomic E-state index is -0.675. The van der Waals surface area contributed by atoms with Gasteiger partial charge in [-0.05, 0) is 49.4 Å². The SMILES string of the molecule is COc1ccc(C(=O)COC(=O)c2ccc(-c3nc(C)no3)cc2)cc1F. The predicted octanol–water partition coefficient (Wildman–Crippen LogP) is 3.23. The van der Waals surface area contributed by atoms with Crippen molar-refractivity contribution >= 4 is 11.8 Å². The summed E-state index contributed by atoms with van der Waals surface area (Å²) in [4.78, 5) is 28.2. The van der Waals surface area contributed by atoms with Crippen LogP contribution in [0.4, 0.5) is 4.39 Å². The largest absolute Gasteiger partial charge is 0.494 e. The second-order valence-electron chi connectivity index (χ2n) is 5.57. The third-order valence-corrected chi connectivity index (χ3v) is 3.70. The number of aromatic nitrogens is 2.